The second kappa shape index (κ2) is 9.58. The van der Waals surface area contributed by atoms with Crippen LogP contribution in [0.25, 0.3) is 11.4 Å². The molecule has 1 unspecified atom stereocenters. The number of aryl methyl sites for hydroxylation is 1. The number of Topliss-reactive ketones (excluding diaryl/α,β-unsaturated/α-hetero) is 1. The fourth-order valence-corrected chi connectivity index (χ4v) is 5.01. The highest BCUT2D eigenvalue weighted by atomic mass is 32.2. The van der Waals surface area contributed by atoms with Gasteiger partial charge in [0.05, 0.1) is 12.3 Å². The topological polar surface area (TPSA) is 71.2 Å². The van der Waals surface area contributed by atoms with E-state index in [4.69, 9.17) is 9.47 Å². The molecule has 2 aromatic heterocycles. The van der Waals surface area contributed by atoms with Crippen LogP contribution in [-0.2, 0) is 13.6 Å². The third-order valence-electron chi connectivity index (χ3n) is 6.10. The van der Waals surface area contributed by atoms with Gasteiger partial charge in [0, 0.05) is 29.6 Å². The molecular weight excluding hydrogens is 467 g/mol. The van der Waals surface area contributed by atoms with E-state index in [-0.39, 0.29) is 23.5 Å². The van der Waals surface area contributed by atoms with Crippen LogP contribution in [-0.4, -0.2) is 43.6 Å². The summed E-state index contributed by atoms with van der Waals surface area (Å²) in [5.41, 5.74) is 3.35. The average Bonchev–Trinajstić information content (AvgIpc) is 3.37. The minimum atomic E-state index is -0.305. The number of ether oxygens (including phenoxy) is 2. The van der Waals surface area contributed by atoms with Crippen LogP contribution in [0.15, 0.2) is 59.8 Å². The number of thioether (sulfide) groups is 1. The highest BCUT2D eigenvalue weighted by Gasteiger charge is 2.24. The summed E-state index contributed by atoms with van der Waals surface area (Å²) < 4.78 is 29.1. The Hall–Kier alpha value is -3.59. The number of halogens is 1. The summed E-state index contributed by atoms with van der Waals surface area (Å²) in [6.45, 7) is 5.00. The molecule has 1 aliphatic heterocycles. The highest BCUT2D eigenvalue weighted by Crippen LogP contribution is 2.32. The van der Waals surface area contributed by atoms with Crippen LogP contribution >= 0.6 is 11.8 Å². The summed E-state index contributed by atoms with van der Waals surface area (Å²) in [5, 5.41) is 9.05. The van der Waals surface area contributed by atoms with E-state index in [1.807, 2.05) is 55.8 Å². The predicted molar refractivity (Wildman–Crippen MR) is 132 cm³/mol. The number of carbonyl (C=O) groups is 1. The van der Waals surface area contributed by atoms with E-state index in [9.17, 15) is 9.18 Å². The fraction of sp³-hybridized carbons (Fsp3) is 0.269. The molecular formula is C26H25FN4O3S. The Morgan fingerprint density at radius 2 is 1.86 bits per heavy atom. The zero-order valence-corrected chi connectivity index (χ0v) is 20.5. The number of carbonyl (C=O) groups excluding carboxylic acids is 1. The summed E-state index contributed by atoms with van der Waals surface area (Å²) >= 11 is 1.33. The largest absolute Gasteiger partial charge is 0.486 e. The third kappa shape index (κ3) is 4.68. The summed E-state index contributed by atoms with van der Waals surface area (Å²) in [4.78, 5) is 13.1. The Bertz CT molecular complexity index is 1380. The van der Waals surface area contributed by atoms with Crippen molar-refractivity contribution in [2.45, 2.75) is 31.7 Å². The first-order valence-electron chi connectivity index (χ1n) is 11.3. The molecule has 2 aromatic carbocycles. The molecule has 35 heavy (non-hydrogen) atoms. The van der Waals surface area contributed by atoms with Crippen molar-refractivity contribution in [3.8, 4) is 22.9 Å². The number of para-hydroxylation sites is 2. The van der Waals surface area contributed by atoms with E-state index in [2.05, 4.69) is 14.8 Å². The SMILES string of the molecule is Cc1cc(C(=O)CSc2nnc(-c3ccc(F)cc3)n2C)c(C)n1CC1COc2ccccc2O1. The standard InChI is InChI=1S/C26H25FN4O3S/c1-16-12-21(17(2)31(16)13-20-14-33-23-6-4-5-7-24(23)34-20)22(32)15-35-26-29-28-25(30(26)3)18-8-10-19(27)11-9-18/h4-12,20H,13-15H2,1-3H3. The van der Waals surface area contributed by atoms with E-state index in [0.29, 0.717) is 29.7 Å². The van der Waals surface area contributed by atoms with Crippen LogP contribution in [0, 0.1) is 19.7 Å². The van der Waals surface area contributed by atoms with Crippen LogP contribution in [0.4, 0.5) is 4.39 Å². The van der Waals surface area contributed by atoms with Gasteiger partial charge in [-0.1, -0.05) is 23.9 Å². The van der Waals surface area contributed by atoms with Gasteiger partial charge in [-0.2, -0.15) is 0 Å². The first kappa shape index (κ1) is 23.2. The molecule has 7 nitrogen and oxygen atoms in total. The molecule has 0 amide bonds. The second-order valence-corrected chi connectivity index (χ2v) is 9.42. The van der Waals surface area contributed by atoms with Crippen molar-refractivity contribution in [1.29, 1.82) is 0 Å². The summed E-state index contributed by atoms with van der Waals surface area (Å²) in [5.74, 6) is 2.06. The summed E-state index contributed by atoms with van der Waals surface area (Å²) in [7, 11) is 1.84. The molecule has 1 atom stereocenters. The van der Waals surface area contributed by atoms with Gasteiger partial charge < -0.3 is 18.6 Å². The average molecular weight is 493 g/mol. The van der Waals surface area contributed by atoms with Crippen LogP contribution < -0.4 is 9.47 Å². The van der Waals surface area contributed by atoms with Crippen molar-refractivity contribution in [2.75, 3.05) is 12.4 Å². The molecule has 0 aliphatic carbocycles. The van der Waals surface area contributed by atoms with E-state index in [1.165, 1.54) is 23.9 Å². The Labute approximate surface area is 206 Å². The Balaban J connectivity index is 1.26. The number of nitrogens with zero attached hydrogens (tertiary/aromatic N) is 4. The van der Waals surface area contributed by atoms with Gasteiger partial charge in [0.25, 0.3) is 0 Å². The smallest absolute Gasteiger partial charge is 0.191 e. The normalized spacial score (nSPS) is 14.8. The molecule has 5 rings (SSSR count). The second-order valence-electron chi connectivity index (χ2n) is 8.48. The lowest BCUT2D eigenvalue weighted by Gasteiger charge is -2.27. The maximum atomic E-state index is 13.2. The minimum Gasteiger partial charge on any atom is -0.486 e. The summed E-state index contributed by atoms with van der Waals surface area (Å²) in [6, 6.07) is 15.7. The Kier molecular flexibility index (Phi) is 6.34. The lowest BCUT2D eigenvalue weighted by Crippen LogP contribution is -2.33. The molecule has 0 spiro atoms. The van der Waals surface area contributed by atoms with E-state index < -0.39 is 0 Å². The van der Waals surface area contributed by atoms with Crippen LogP contribution in [0.2, 0.25) is 0 Å². The van der Waals surface area contributed by atoms with Crippen LogP contribution in [0.1, 0.15) is 21.7 Å². The predicted octanol–water partition coefficient (Wildman–Crippen LogP) is 4.85. The highest BCUT2D eigenvalue weighted by molar-refractivity contribution is 7.99. The van der Waals surface area contributed by atoms with Crippen LogP contribution in [0.3, 0.4) is 0 Å². The van der Waals surface area contributed by atoms with Gasteiger partial charge in [0.2, 0.25) is 0 Å². The molecule has 0 saturated heterocycles. The van der Waals surface area contributed by atoms with Gasteiger partial charge in [-0.15, -0.1) is 10.2 Å². The molecule has 0 fully saturated rings. The minimum absolute atomic E-state index is 0.0202. The van der Waals surface area contributed by atoms with Crippen molar-refractivity contribution in [1.82, 2.24) is 19.3 Å². The Morgan fingerprint density at radius 3 is 2.63 bits per heavy atom. The van der Waals surface area contributed by atoms with Gasteiger partial charge >= 0.3 is 0 Å². The molecule has 0 saturated carbocycles. The van der Waals surface area contributed by atoms with Gasteiger partial charge in [-0.25, -0.2) is 4.39 Å². The molecule has 0 N–H and O–H groups in total. The quantitative estimate of drug-likeness (QED) is 0.271. The fourth-order valence-electron chi connectivity index (χ4n) is 4.22. The maximum absolute atomic E-state index is 13.2. The lowest BCUT2D eigenvalue weighted by molar-refractivity contribution is 0.0777. The first-order valence-corrected chi connectivity index (χ1v) is 12.3. The molecule has 1 aliphatic rings. The van der Waals surface area contributed by atoms with E-state index in [0.717, 1.165) is 28.5 Å². The number of hydrogen-bond acceptors (Lipinski definition) is 6. The Morgan fingerprint density at radius 1 is 1.11 bits per heavy atom. The number of benzene rings is 2. The molecule has 3 heterocycles. The third-order valence-corrected chi connectivity index (χ3v) is 7.12. The summed E-state index contributed by atoms with van der Waals surface area (Å²) in [6.07, 6.45) is -0.143. The van der Waals surface area contributed by atoms with Gasteiger partial charge in [0.1, 0.15) is 12.4 Å². The van der Waals surface area contributed by atoms with E-state index in [1.54, 1.807) is 12.1 Å². The van der Waals surface area contributed by atoms with Crippen molar-refractivity contribution in [3.05, 3.63) is 77.4 Å². The number of rotatable bonds is 7. The molecule has 0 radical (unpaired) electrons. The van der Waals surface area contributed by atoms with Crippen molar-refractivity contribution < 1.29 is 18.7 Å². The van der Waals surface area contributed by atoms with Gasteiger partial charge in [-0.05, 0) is 56.3 Å². The monoisotopic (exact) mass is 492 g/mol. The number of ketones is 1. The molecule has 9 heteroatoms. The maximum Gasteiger partial charge on any atom is 0.191 e. The zero-order valence-electron chi connectivity index (χ0n) is 19.7. The number of aromatic nitrogens is 4. The van der Waals surface area contributed by atoms with Gasteiger partial charge in [-0.3, -0.25) is 4.79 Å². The first-order chi connectivity index (χ1) is 16.9. The molecule has 180 valence electrons. The van der Waals surface area contributed by atoms with Crippen molar-refractivity contribution >= 4 is 17.5 Å². The van der Waals surface area contributed by atoms with Gasteiger partial charge in [0.15, 0.2) is 34.4 Å². The van der Waals surface area contributed by atoms with Crippen LogP contribution in [0.5, 0.6) is 11.5 Å². The van der Waals surface area contributed by atoms with E-state index >= 15 is 0 Å². The lowest BCUT2D eigenvalue weighted by atomic mass is 10.2. The number of fused-ring (bicyclic) bond motifs is 1. The zero-order chi connectivity index (χ0) is 24.5. The molecule has 4 aromatic rings. The van der Waals surface area contributed by atoms with Crippen molar-refractivity contribution in [3.63, 3.8) is 0 Å². The molecule has 0 bridgehead atoms. The number of hydrogen-bond donors (Lipinski definition) is 0. The van der Waals surface area contributed by atoms with Crippen molar-refractivity contribution in [2.24, 2.45) is 7.05 Å².